The lowest BCUT2D eigenvalue weighted by molar-refractivity contribution is 0.514. The number of pyridine rings is 1. The lowest BCUT2D eigenvalue weighted by atomic mass is 9.98. The maximum Gasteiger partial charge on any atom is 0.128 e. The third kappa shape index (κ3) is 2.42. The minimum Gasteiger partial charge on any atom is -0.383 e. The normalized spacial score (nSPS) is 13.3. The van der Waals surface area contributed by atoms with Gasteiger partial charge in [0, 0.05) is 22.3 Å². The zero-order valence-corrected chi connectivity index (χ0v) is 9.38. The zero-order chi connectivity index (χ0) is 10.0. The number of nitrogens with two attached hydrogens (primary N) is 2. The number of nitrogen functional groups attached to an aromatic ring is 1. The van der Waals surface area contributed by atoms with Crippen molar-refractivity contribution in [1.82, 2.24) is 4.98 Å². The fraction of sp³-hybridized carbons (Fsp3) is 0.444. The van der Waals surface area contributed by atoms with Crippen LogP contribution in [0.25, 0.3) is 0 Å². The van der Waals surface area contributed by atoms with Gasteiger partial charge in [0.15, 0.2) is 0 Å². The van der Waals surface area contributed by atoms with Gasteiger partial charge in [0.25, 0.3) is 0 Å². The van der Waals surface area contributed by atoms with Crippen molar-refractivity contribution < 1.29 is 0 Å². The van der Waals surface area contributed by atoms with Crippen LogP contribution in [0.5, 0.6) is 0 Å². The quantitative estimate of drug-likeness (QED) is 0.837. The van der Waals surface area contributed by atoms with Crippen molar-refractivity contribution >= 4 is 21.7 Å². The van der Waals surface area contributed by atoms with Gasteiger partial charge < -0.3 is 11.5 Å². The Morgan fingerprint density at radius 1 is 1.46 bits per heavy atom. The number of rotatable bonds is 2. The van der Waals surface area contributed by atoms with Crippen molar-refractivity contribution in [3.8, 4) is 0 Å². The maximum absolute atomic E-state index is 5.97. The van der Waals surface area contributed by atoms with Gasteiger partial charge in [-0.2, -0.15) is 0 Å². The van der Waals surface area contributed by atoms with E-state index in [0.717, 1.165) is 10.0 Å². The summed E-state index contributed by atoms with van der Waals surface area (Å²) < 4.78 is 0.910. The lowest BCUT2D eigenvalue weighted by Gasteiger charge is -2.17. The van der Waals surface area contributed by atoms with Gasteiger partial charge in [-0.05, 0) is 27.9 Å². The lowest BCUT2D eigenvalue weighted by Crippen LogP contribution is -2.18. The molecule has 0 bridgehead atoms. The van der Waals surface area contributed by atoms with Gasteiger partial charge in [-0.3, -0.25) is 0 Å². The van der Waals surface area contributed by atoms with Gasteiger partial charge in [0.1, 0.15) is 5.82 Å². The molecule has 0 aliphatic carbocycles. The molecule has 4 heteroatoms. The highest BCUT2D eigenvalue weighted by atomic mass is 79.9. The summed E-state index contributed by atoms with van der Waals surface area (Å²) in [5.74, 6) is 0.878. The minimum absolute atomic E-state index is 0.0509. The van der Waals surface area contributed by atoms with Gasteiger partial charge >= 0.3 is 0 Å². The summed E-state index contributed by atoms with van der Waals surface area (Å²) >= 11 is 3.34. The summed E-state index contributed by atoms with van der Waals surface area (Å²) in [6.07, 6.45) is 1.67. The van der Waals surface area contributed by atoms with Gasteiger partial charge in [0.2, 0.25) is 0 Å². The first-order valence-corrected chi connectivity index (χ1v) is 4.98. The van der Waals surface area contributed by atoms with Crippen molar-refractivity contribution in [2.24, 2.45) is 11.7 Å². The van der Waals surface area contributed by atoms with Crippen LogP contribution in [0.1, 0.15) is 25.5 Å². The molecule has 1 heterocycles. The highest BCUT2D eigenvalue weighted by Crippen LogP contribution is 2.25. The van der Waals surface area contributed by atoms with Crippen LogP contribution in [0, 0.1) is 5.92 Å². The third-order valence-corrected chi connectivity index (χ3v) is 2.43. The molecule has 1 atom stereocenters. The molecule has 0 aliphatic rings. The SMILES string of the molecule is CC(C)C(N)c1cc(Br)cnc1N. The average Bonchev–Trinajstić information content (AvgIpc) is 2.08. The number of anilines is 1. The predicted octanol–water partition coefficient (Wildman–Crippen LogP) is 2.08. The average molecular weight is 244 g/mol. The van der Waals surface area contributed by atoms with E-state index in [4.69, 9.17) is 11.5 Å². The van der Waals surface area contributed by atoms with E-state index in [9.17, 15) is 0 Å². The molecule has 1 aromatic heterocycles. The summed E-state index contributed by atoms with van der Waals surface area (Å²) in [7, 11) is 0. The van der Waals surface area contributed by atoms with E-state index < -0.39 is 0 Å². The number of nitrogens with zero attached hydrogens (tertiary/aromatic N) is 1. The van der Waals surface area contributed by atoms with Crippen molar-refractivity contribution in [2.45, 2.75) is 19.9 Å². The highest BCUT2D eigenvalue weighted by molar-refractivity contribution is 9.10. The molecule has 1 unspecified atom stereocenters. The summed E-state index contributed by atoms with van der Waals surface area (Å²) in [6.45, 7) is 4.12. The Morgan fingerprint density at radius 2 is 2.08 bits per heavy atom. The molecular formula is C9H14BrN3. The molecule has 0 saturated carbocycles. The molecule has 13 heavy (non-hydrogen) atoms. The molecule has 0 radical (unpaired) electrons. The first-order chi connectivity index (χ1) is 6.02. The standard InChI is InChI=1S/C9H14BrN3/c1-5(2)8(11)7-3-6(10)4-13-9(7)12/h3-5,8H,11H2,1-2H3,(H2,12,13). The molecule has 0 aromatic carbocycles. The van der Waals surface area contributed by atoms with Crippen LogP contribution in [0.15, 0.2) is 16.7 Å². The fourth-order valence-electron chi connectivity index (χ4n) is 1.09. The van der Waals surface area contributed by atoms with Crippen LogP contribution in [-0.2, 0) is 0 Å². The van der Waals surface area contributed by atoms with E-state index in [1.54, 1.807) is 6.20 Å². The van der Waals surface area contributed by atoms with E-state index in [2.05, 4.69) is 34.8 Å². The second-order valence-electron chi connectivity index (χ2n) is 3.40. The number of aromatic nitrogens is 1. The molecule has 1 aromatic rings. The van der Waals surface area contributed by atoms with Gasteiger partial charge in [0.05, 0.1) is 0 Å². The Balaban J connectivity index is 3.05. The largest absolute Gasteiger partial charge is 0.383 e. The maximum atomic E-state index is 5.97. The second-order valence-corrected chi connectivity index (χ2v) is 4.31. The van der Waals surface area contributed by atoms with Crippen LogP contribution in [-0.4, -0.2) is 4.98 Å². The molecule has 0 spiro atoms. The van der Waals surface area contributed by atoms with Crippen molar-refractivity contribution in [3.05, 3.63) is 22.3 Å². The monoisotopic (exact) mass is 243 g/mol. The van der Waals surface area contributed by atoms with Crippen LogP contribution in [0.3, 0.4) is 0 Å². The van der Waals surface area contributed by atoms with Crippen molar-refractivity contribution in [3.63, 3.8) is 0 Å². The number of hydrogen-bond acceptors (Lipinski definition) is 3. The van der Waals surface area contributed by atoms with Crippen LogP contribution >= 0.6 is 15.9 Å². The first kappa shape index (κ1) is 10.5. The Kier molecular flexibility index (Phi) is 3.27. The molecule has 0 saturated heterocycles. The summed E-state index contributed by atoms with van der Waals surface area (Å²) in [4.78, 5) is 4.03. The molecule has 4 N–H and O–H groups in total. The highest BCUT2D eigenvalue weighted by Gasteiger charge is 2.14. The van der Waals surface area contributed by atoms with Gasteiger partial charge in [-0.1, -0.05) is 13.8 Å². The van der Waals surface area contributed by atoms with Crippen LogP contribution in [0.4, 0.5) is 5.82 Å². The Hall–Kier alpha value is -0.610. The topological polar surface area (TPSA) is 64.9 Å². The van der Waals surface area contributed by atoms with Crippen molar-refractivity contribution in [2.75, 3.05) is 5.73 Å². The van der Waals surface area contributed by atoms with Gasteiger partial charge in [-0.25, -0.2) is 4.98 Å². The second kappa shape index (κ2) is 4.07. The Morgan fingerprint density at radius 3 is 2.62 bits per heavy atom. The molecule has 0 aliphatic heterocycles. The molecule has 1 rings (SSSR count). The third-order valence-electron chi connectivity index (χ3n) is 1.99. The summed E-state index contributed by atoms with van der Waals surface area (Å²) in [6, 6.07) is 1.87. The summed E-state index contributed by atoms with van der Waals surface area (Å²) in [5.41, 5.74) is 12.6. The Labute approximate surface area is 86.7 Å². The summed E-state index contributed by atoms with van der Waals surface area (Å²) in [5, 5.41) is 0. The van der Waals surface area contributed by atoms with E-state index in [0.29, 0.717) is 11.7 Å². The zero-order valence-electron chi connectivity index (χ0n) is 7.79. The molecule has 0 amide bonds. The Bertz CT molecular complexity index is 299. The van der Waals surface area contributed by atoms with E-state index in [-0.39, 0.29) is 6.04 Å². The number of halogens is 1. The van der Waals surface area contributed by atoms with E-state index >= 15 is 0 Å². The van der Waals surface area contributed by atoms with Crippen LogP contribution in [0.2, 0.25) is 0 Å². The van der Waals surface area contributed by atoms with Gasteiger partial charge in [-0.15, -0.1) is 0 Å². The van der Waals surface area contributed by atoms with E-state index in [1.165, 1.54) is 0 Å². The molecular weight excluding hydrogens is 230 g/mol. The van der Waals surface area contributed by atoms with Crippen LogP contribution < -0.4 is 11.5 Å². The molecule has 72 valence electrons. The fourth-order valence-corrected chi connectivity index (χ4v) is 1.44. The first-order valence-electron chi connectivity index (χ1n) is 4.19. The smallest absolute Gasteiger partial charge is 0.128 e. The molecule has 0 fully saturated rings. The van der Waals surface area contributed by atoms with Crippen molar-refractivity contribution in [1.29, 1.82) is 0 Å². The predicted molar refractivity (Wildman–Crippen MR) is 58.1 cm³/mol. The number of hydrogen-bond donors (Lipinski definition) is 2. The van der Waals surface area contributed by atoms with E-state index in [1.807, 2.05) is 6.07 Å². The molecule has 3 nitrogen and oxygen atoms in total. The minimum atomic E-state index is -0.0509.